The fraction of sp³-hybridized carbons (Fsp3) is 0.267. The van der Waals surface area contributed by atoms with E-state index >= 15 is 0 Å². The Hall–Kier alpha value is -2.63. The van der Waals surface area contributed by atoms with Crippen LogP contribution in [0.4, 0.5) is 0 Å². The fourth-order valence-electron chi connectivity index (χ4n) is 1.93. The Morgan fingerprint density at radius 2 is 2.05 bits per heavy atom. The topological polar surface area (TPSA) is 88.3 Å². The van der Waals surface area contributed by atoms with Crippen LogP contribution in [0.5, 0.6) is 0 Å². The molecule has 6 nitrogen and oxygen atoms in total. The number of aromatic amines is 1. The number of ether oxygens (including phenoxy) is 1. The van der Waals surface area contributed by atoms with Crippen molar-refractivity contribution in [2.75, 3.05) is 13.2 Å². The highest BCUT2D eigenvalue weighted by atomic mass is 16.5. The van der Waals surface area contributed by atoms with Crippen LogP contribution in [-0.2, 0) is 9.53 Å². The van der Waals surface area contributed by atoms with Crippen molar-refractivity contribution < 1.29 is 14.3 Å². The number of nitrogens with one attached hydrogen (secondary N) is 2. The average molecular weight is 288 g/mol. The molecule has 0 bridgehead atoms. The number of H-pyrrole nitrogens is 1. The number of aromatic nitrogens is 1. The summed E-state index contributed by atoms with van der Waals surface area (Å²) in [4.78, 5) is 37.9. The van der Waals surface area contributed by atoms with Gasteiger partial charge in [0.2, 0.25) is 0 Å². The van der Waals surface area contributed by atoms with Gasteiger partial charge in [-0.25, -0.2) is 0 Å². The molecule has 1 amide bonds. The zero-order valence-corrected chi connectivity index (χ0v) is 11.6. The van der Waals surface area contributed by atoms with Gasteiger partial charge in [0.25, 0.3) is 5.91 Å². The predicted molar refractivity (Wildman–Crippen MR) is 78.2 cm³/mol. The Morgan fingerprint density at radius 1 is 1.29 bits per heavy atom. The molecule has 6 heteroatoms. The highest BCUT2D eigenvalue weighted by molar-refractivity contribution is 5.94. The first-order valence-corrected chi connectivity index (χ1v) is 6.67. The van der Waals surface area contributed by atoms with E-state index in [1.165, 1.54) is 6.07 Å². The summed E-state index contributed by atoms with van der Waals surface area (Å²) in [5.74, 6) is -0.799. The zero-order valence-electron chi connectivity index (χ0n) is 11.6. The molecule has 1 heterocycles. The van der Waals surface area contributed by atoms with E-state index in [0.717, 1.165) is 0 Å². The number of hydrogen-bond donors (Lipinski definition) is 2. The molecule has 0 aliphatic carbocycles. The third-order valence-electron chi connectivity index (χ3n) is 2.90. The highest BCUT2D eigenvalue weighted by Gasteiger charge is 2.10. The van der Waals surface area contributed by atoms with Gasteiger partial charge in [-0.1, -0.05) is 12.1 Å². The van der Waals surface area contributed by atoms with Crippen LogP contribution in [-0.4, -0.2) is 30.0 Å². The molecule has 0 spiro atoms. The quantitative estimate of drug-likeness (QED) is 0.809. The standard InChI is InChI=1S/C15H16N2O4/c1-2-21-14(19)7-8-16-15(20)12-9-13(18)10-5-3-4-6-11(10)17-12/h3-6,9H,2,7-8H2,1H3,(H,16,20)(H,17,18). The van der Waals surface area contributed by atoms with Gasteiger partial charge in [-0.3, -0.25) is 14.4 Å². The van der Waals surface area contributed by atoms with Crippen LogP contribution in [0.1, 0.15) is 23.8 Å². The summed E-state index contributed by atoms with van der Waals surface area (Å²) in [6, 6.07) is 8.21. The fourth-order valence-corrected chi connectivity index (χ4v) is 1.93. The van der Waals surface area contributed by atoms with E-state index in [0.29, 0.717) is 17.5 Å². The van der Waals surface area contributed by atoms with Crippen molar-refractivity contribution in [3.8, 4) is 0 Å². The van der Waals surface area contributed by atoms with Crippen LogP contribution in [0.25, 0.3) is 10.9 Å². The lowest BCUT2D eigenvalue weighted by Gasteiger charge is -2.06. The number of carbonyl (C=O) groups excluding carboxylic acids is 2. The summed E-state index contributed by atoms with van der Waals surface area (Å²) >= 11 is 0. The Bertz CT molecular complexity index is 721. The number of rotatable bonds is 5. The van der Waals surface area contributed by atoms with E-state index in [-0.39, 0.29) is 30.1 Å². The molecule has 0 saturated carbocycles. The Kier molecular flexibility index (Phi) is 4.71. The number of esters is 1. The van der Waals surface area contributed by atoms with Gasteiger partial charge in [-0.05, 0) is 19.1 Å². The van der Waals surface area contributed by atoms with Crippen LogP contribution < -0.4 is 10.7 Å². The summed E-state index contributed by atoms with van der Waals surface area (Å²) in [6.07, 6.45) is 0.0946. The van der Waals surface area contributed by atoms with Gasteiger partial charge < -0.3 is 15.0 Å². The minimum Gasteiger partial charge on any atom is -0.466 e. The lowest BCUT2D eigenvalue weighted by molar-refractivity contribution is -0.142. The number of amides is 1. The van der Waals surface area contributed by atoms with Gasteiger partial charge in [0.15, 0.2) is 5.43 Å². The first kappa shape index (κ1) is 14.8. The third kappa shape index (κ3) is 3.68. The summed E-state index contributed by atoms with van der Waals surface area (Å²) in [5.41, 5.74) is 0.544. The second kappa shape index (κ2) is 6.69. The molecule has 2 rings (SSSR count). The molecule has 0 saturated heterocycles. The molecule has 1 aromatic carbocycles. The van der Waals surface area contributed by atoms with E-state index < -0.39 is 5.91 Å². The number of para-hydroxylation sites is 1. The van der Waals surface area contributed by atoms with E-state index in [1.54, 1.807) is 31.2 Å². The number of hydrogen-bond acceptors (Lipinski definition) is 4. The second-order valence-corrected chi connectivity index (χ2v) is 4.40. The first-order valence-electron chi connectivity index (χ1n) is 6.67. The second-order valence-electron chi connectivity index (χ2n) is 4.40. The molecule has 2 aromatic rings. The van der Waals surface area contributed by atoms with E-state index in [4.69, 9.17) is 4.74 Å². The predicted octanol–water partition coefficient (Wildman–Crippen LogP) is 1.21. The largest absolute Gasteiger partial charge is 0.466 e. The summed E-state index contributed by atoms with van der Waals surface area (Å²) in [5, 5.41) is 3.10. The molecular formula is C15H16N2O4. The molecule has 110 valence electrons. The molecule has 0 unspecified atom stereocenters. The molecule has 2 N–H and O–H groups in total. The Balaban J connectivity index is 2.06. The molecule has 0 aliphatic heterocycles. The number of carbonyl (C=O) groups is 2. The van der Waals surface area contributed by atoms with Gasteiger partial charge in [-0.2, -0.15) is 0 Å². The number of benzene rings is 1. The summed E-state index contributed by atoms with van der Waals surface area (Å²) in [6.45, 7) is 2.19. The van der Waals surface area contributed by atoms with Gasteiger partial charge in [0.05, 0.1) is 13.0 Å². The van der Waals surface area contributed by atoms with Crippen LogP contribution in [0.2, 0.25) is 0 Å². The van der Waals surface area contributed by atoms with Gasteiger partial charge in [0.1, 0.15) is 5.69 Å². The highest BCUT2D eigenvalue weighted by Crippen LogP contribution is 2.07. The van der Waals surface area contributed by atoms with Crippen molar-refractivity contribution in [2.45, 2.75) is 13.3 Å². The lowest BCUT2D eigenvalue weighted by Crippen LogP contribution is -2.28. The third-order valence-corrected chi connectivity index (χ3v) is 2.90. The smallest absolute Gasteiger partial charge is 0.307 e. The number of fused-ring (bicyclic) bond motifs is 1. The summed E-state index contributed by atoms with van der Waals surface area (Å²) in [7, 11) is 0. The van der Waals surface area contributed by atoms with Crippen molar-refractivity contribution >= 4 is 22.8 Å². The first-order chi connectivity index (χ1) is 10.1. The monoisotopic (exact) mass is 288 g/mol. The van der Waals surface area contributed by atoms with Gasteiger partial charge in [0, 0.05) is 23.5 Å². The zero-order chi connectivity index (χ0) is 15.2. The SMILES string of the molecule is CCOC(=O)CCNC(=O)c1cc(=O)c2ccccc2[nH]1. The van der Waals surface area contributed by atoms with Crippen LogP contribution in [0.3, 0.4) is 0 Å². The molecule has 0 aliphatic rings. The molecule has 21 heavy (non-hydrogen) atoms. The van der Waals surface area contributed by atoms with Crippen LogP contribution >= 0.6 is 0 Å². The van der Waals surface area contributed by atoms with Crippen molar-refractivity contribution in [1.82, 2.24) is 10.3 Å². The van der Waals surface area contributed by atoms with Crippen molar-refractivity contribution in [2.24, 2.45) is 0 Å². The average Bonchev–Trinajstić information content (AvgIpc) is 2.47. The maximum atomic E-state index is 11.9. The maximum Gasteiger partial charge on any atom is 0.307 e. The Morgan fingerprint density at radius 3 is 2.81 bits per heavy atom. The van der Waals surface area contributed by atoms with Gasteiger partial charge >= 0.3 is 5.97 Å². The van der Waals surface area contributed by atoms with E-state index in [9.17, 15) is 14.4 Å². The van der Waals surface area contributed by atoms with Gasteiger partial charge in [-0.15, -0.1) is 0 Å². The van der Waals surface area contributed by atoms with E-state index in [1.807, 2.05) is 0 Å². The molecule has 0 radical (unpaired) electrons. The maximum absolute atomic E-state index is 11.9. The van der Waals surface area contributed by atoms with Crippen molar-refractivity contribution in [3.63, 3.8) is 0 Å². The molecule has 1 aromatic heterocycles. The molecular weight excluding hydrogens is 272 g/mol. The van der Waals surface area contributed by atoms with E-state index in [2.05, 4.69) is 10.3 Å². The normalized spacial score (nSPS) is 10.3. The lowest BCUT2D eigenvalue weighted by atomic mass is 10.2. The van der Waals surface area contributed by atoms with Crippen LogP contribution in [0.15, 0.2) is 35.1 Å². The minimum absolute atomic E-state index is 0.0946. The van der Waals surface area contributed by atoms with Crippen LogP contribution in [0, 0.1) is 0 Å². The number of pyridine rings is 1. The van der Waals surface area contributed by atoms with Crippen molar-refractivity contribution in [3.05, 3.63) is 46.2 Å². The molecule has 0 fully saturated rings. The summed E-state index contributed by atoms with van der Waals surface area (Å²) < 4.78 is 4.76. The molecule has 0 atom stereocenters. The Labute approximate surface area is 121 Å². The van der Waals surface area contributed by atoms with Crippen molar-refractivity contribution in [1.29, 1.82) is 0 Å². The minimum atomic E-state index is -0.429.